The van der Waals surface area contributed by atoms with Crippen LogP contribution in [-0.4, -0.2) is 88.4 Å². The molecule has 1 fully saturated rings. The minimum absolute atomic E-state index is 0.181. The zero-order valence-corrected chi connectivity index (χ0v) is 21.5. The van der Waals surface area contributed by atoms with Crippen LogP contribution >= 0.6 is 11.6 Å². The first-order valence-corrected chi connectivity index (χ1v) is 12.0. The van der Waals surface area contributed by atoms with Gasteiger partial charge in [0.2, 0.25) is 17.7 Å². The van der Waals surface area contributed by atoms with E-state index in [1.54, 1.807) is 49.7 Å². The molecule has 1 atom stereocenters. The summed E-state index contributed by atoms with van der Waals surface area (Å²) < 4.78 is 6.53. The molecule has 1 aromatic heterocycles. The fourth-order valence-corrected chi connectivity index (χ4v) is 4.28. The second-order valence-electron chi connectivity index (χ2n) is 8.41. The predicted molar refractivity (Wildman–Crippen MR) is 139 cm³/mol. The first-order chi connectivity index (χ1) is 18.3. The summed E-state index contributed by atoms with van der Waals surface area (Å²) in [5.74, 6) is -1.29. The number of rotatable bonds is 9. The van der Waals surface area contributed by atoms with Crippen LogP contribution in [0.4, 0.5) is 5.69 Å². The molecule has 13 nitrogen and oxygen atoms in total. The van der Waals surface area contributed by atoms with Crippen LogP contribution in [0, 0.1) is 5.41 Å². The predicted octanol–water partition coefficient (Wildman–Crippen LogP) is 0.589. The van der Waals surface area contributed by atoms with Crippen molar-refractivity contribution in [1.29, 1.82) is 5.41 Å². The monoisotopic (exact) mass is 539 g/mol. The molecule has 2 heterocycles. The Morgan fingerprint density at radius 3 is 2.76 bits per heavy atom. The number of carbonyl (C=O) groups is 3. The zero-order chi connectivity index (χ0) is 27.2. The number of hydrogen-bond donors (Lipinski definition) is 3. The Bertz CT molecular complexity index is 1340. The summed E-state index contributed by atoms with van der Waals surface area (Å²) in [6.45, 7) is -0.436. The second-order valence-corrected chi connectivity index (χ2v) is 8.85. The molecule has 2 aliphatic rings. The summed E-state index contributed by atoms with van der Waals surface area (Å²) in [6.07, 6.45) is 8.00. The van der Waals surface area contributed by atoms with Gasteiger partial charge in [0.15, 0.2) is 0 Å². The first kappa shape index (κ1) is 26.7. The molecule has 198 valence electrons. The van der Waals surface area contributed by atoms with Crippen molar-refractivity contribution < 1.29 is 19.1 Å². The minimum atomic E-state index is -0.959. The largest absolute Gasteiger partial charge is 0.393 e. The number of carbonyl (C=O) groups excluding carboxylic acids is 3. The van der Waals surface area contributed by atoms with E-state index >= 15 is 0 Å². The van der Waals surface area contributed by atoms with E-state index in [9.17, 15) is 14.4 Å². The zero-order valence-electron chi connectivity index (χ0n) is 20.7. The van der Waals surface area contributed by atoms with E-state index in [1.165, 1.54) is 27.9 Å². The van der Waals surface area contributed by atoms with Crippen molar-refractivity contribution in [1.82, 2.24) is 35.7 Å². The smallest absolute Gasteiger partial charge is 0.247 e. The van der Waals surface area contributed by atoms with Crippen molar-refractivity contribution in [2.45, 2.75) is 12.5 Å². The summed E-state index contributed by atoms with van der Waals surface area (Å²) in [5, 5.41) is 25.1. The lowest BCUT2D eigenvalue weighted by atomic mass is 10.0. The molecule has 4 rings (SSSR count). The van der Waals surface area contributed by atoms with E-state index in [0.29, 0.717) is 27.7 Å². The first-order valence-electron chi connectivity index (χ1n) is 11.6. The number of nitrogens with one attached hydrogen (secondary N) is 3. The lowest BCUT2D eigenvalue weighted by Gasteiger charge is -2.38. The molecule has 14 heteroatoms. The van der Waals surface area contributed by atoms with Gasteiger partial charge in [-0.25, -0.2) is 0 Å². The molecule has 0 spiro atoms. The van der Waals surface area contributed by atoms with Gasteiger partial charge in [-0.15, -0.1) is 5.10 Å². The molecule has 3 N–H and O–H groups in total. The molecule has 0 radical (unpaired) electrons. The van der Waals surface area contributed by atoms with Gasteiger partial charge in [-0.3, -0.25) is 19.3 Å². The van der Waals surface area contributed by atoms with Crippen molar-refractivity contribution in [3.05, 3.63) is 65.2 Å². The average molecular weight is 540 g/mol. The third-order valence-corrected chi connectivity index (χ3v) is 6.17. The SMILES string of the molecule is CN/C=C1/C=C(NC(=O)C(CCOC)N2CC(=O)N(c3cc(Cl)ccc3-n3cnnn3)CC2=O)C=CC1=N. The fraction of sp³-hybridized carbons (Fsp3) is 0.292. The second kappa shape index (κ2) is 11.8. The van der Waals surface area contributed by atoms with Crippen LogP contribution in [-0.2, 0) is 19.1 Å². The highest BCUT2D eigenvalue weighted by Crippen LogP contribution is 2.29. The quantitative estimate of drug-likeness (QED) is 0.417. The lowest BCUT2D eigenvalue weighted by molar-refractivity contribution is -0.145. The number of methoxy groups -OCH3 is 1. The topological polar surface area (TPSA) is 158 Å². The van der Waals surface area contributed by atoms with Crippen LogP contribution in [0.1, 0.15) is 6.42 Å². The Morgan fingerprint density at radius 2 is 2.05 bits per heavy atom. The normalized spacial score (nSPS) is 17.6. The number of anilines is 1. The standard InChI is InChI=1S/C24H26ClN9O4/c1-27-11-15-9-17(4-5-18(15)26)29-24(37)20(7-8-38-2)32-12-23(36)33(13-22(32)35)21-10-16(25)3-6-19(21)34-14-28-30-31-34/h3-6,9-11,14,20,26-27H,7-8,12-13H2,1-2H3,(H,29,37)/b15-11-,26-18?. The van der Waals surface area contributed by atoms with Gasteiger partial charge in [0.05, 0.1) is 17.1 Å². The molecule has 1 aliphatic heterocycles. The van der Waals surface area contributed by atoms with E-state index in [4.69, 9.17) is 21.7 Å². The molecular weight excluding hydrogens is 514 g/mol. The van der Waals surface area contributed by atoms with Crippen LogP contribution in [0.3, 0.4) is 0 Å². The van der Waals surface area contributed by atoms with Crippen LogP contribution in [0.2, 0.25) is 5.02 Å². The minimum Gasteiger partial charge on any atom is -0.393 e. The summed E-state index contributed by atoms with van der Waals surface area (Å²) in [6, 6.07) is 3.88. The Labute approximate surface area is 223 Å². The molecule has 2 aromatic rings. The third-order valence-electron chi connectivity index (χ3n) is 5.94. The van der Waals surface area contributed by atoms with Gasteiger partial charge in [0.25, 0.3) is 0 Å². The third kappa shape index (κ3) is 5.79. The van der Waals surface area contributed by atoms with Crippen molar-refractivity contribution >= 4 is 40.7 Å². The molecule has 1 aliphatic carbocycles. The number of ether oxygens (including phenoxy) is 1. The maximum Gasteiger partial charge on any atom is 0.247 e. The summed E-state index contributed by atoms with van der Waals surface area (Å²) in [4.78, 5) is 42.6. The number of aromatic nitrogens is 4. The van der Waals surface area contributed by atoms with Crippen LogP contribution in [0.5, 0.6) is 0 Å². The number of tetrazole rings is 1. The Hall–Kier alpha value is -4.36. The Morgan fingerprint density at radius 1 is 1.24 bits per heavy atom. The van der Waals surface area contributed by atoms with E-state index in [2.05, 4.69) is 26.2 Å². The number of halogens is 1. The molecule has 0 bridgehead atoms. The number of nitrogens with zero attached hydrogens (tertiary/aromatic N) is 6. The summed E-state index contributed by atoms with van der Waals surface area (Å²) in [7, 11) is 3.20. The number of piperazine rings is 1. The van der Waals surface area contributed by atoms with Gasteiger partial charge in [-0.1, -0.05) is 11.6 Å². The highest BCUT2D eigenvalue weighted by Gasteiger charge is 2.39. The van der Waals surface area contributed by atoms with Gasteiger partial charge in [-0.2, -0.15) is 4.68 Å². The molecule has 0 saturated carbocycles. The molecule has 1 saturated heterocycles. The Kier molecular flexibility index (Phi) is 8.28. The molecular formula is C24H26ClN9O4. The van der Waals surface area contributed by atoms with E-state index in [1.807, 2.05) is 0 Å². The van der Waals surface area contributed by atoms with Crippen LogP contribution in [0.25, 0.3) is 5.69 Å². The van der Waals surface area contributed by atoms with Gasteiger partial charge < -0.3 is 25.7 Å². The van der Waals surface area contributed by atoms with Crippen molar-refractivity contribution in [3.63, 3.8) is 0 Å². The van der Waals surface area contributed by atoms with Gasteiger partial charge >= 0.3 is 0 Å². The maximum atomic E-state index is 13.3. The fourth-order valence-electron chi connectivity index (χ4n) is 4.11. The van der Waals surface area contributed by atoms with Crippen molar-refractivity contribution in [3.8, 4) is 5.69 Å². The lowest BCUT2D eigenvalue weighted by Crippen LogP contribution is -2.60. The van der Waals surface area contributed by atoms with E-state index < -0.39 is 23.8 Å². The van der Waals surface area contributed by atoms with Crippen LogP contribution in [0.15, 0.2) is 60.2 Å². The summed E-state index contributed by atoms with van der Waals surface area (Å²) >= 11 is 6.20. The van der Waals surface area contributed by atoms with Crippen molar-refractivity contribution in [2.75, 3.05) is 38.8 Å². The highest BCUT2D eigenvalue weighted by atomic mass is 35.5. The number of benzene rings is 1. The molecule has 38 heavy (non-hydrogen) atoms. The number of allylic oxidation sites excluding steroid dienone is 4. The van der Waals surface area contributed by atoms with Gasteiger partial charge in [0, 0.05) is 49.7 Å². The number of amides is 3. The molecule has 1 aromatic carbocycles. The van der Waals surface area contributed by atoms with E-state index in [-0.39, 0.29) is 31.8 Å². The Balaban J connectivity index is 1.56. The maximum absolute atomic E-state index is 13.3. The van der Waals surface area contributed by atoms with E-state index in [0.717, 1.165) is 0 Å². The highest BCUT2D eigenvalue weighted by molar-refractivity contribution is 6.31. The van der Waals surface area contributed by atoms with Crippen LogP contribution < -0.4 is 15.5 Å². The molecule has 1 unspecified atom stereocenters. The summed E-state index contributed by atoms with van der Waals surface area (Å²) in [5.41, 5.74) is 2.15. The van der Waals surface area contributed by atoms with Gasteiger partial charge in [0.1, 0.15) is 25.5 Å². The number of hydrogen-bond acceptors (Lipinski definition) is 9. The average Bonchev–Trinajstić information content (AvgIpc) is 3.43. The van der Waals surface area contributed by atoms with Crippen molar-refractivity contribution in [2.24, 2.45) is 0 Å². The molecule has 3 amide bonds. The van der Waals surface area contributed by atoms with Gasteiger partial charge in [-0.05, 0) is 46.9 Å².